The van der Waals surface area contributed by atoms with E-state index in [2.05, 4.69) is 27.4 Å². The molecule has 1 aromatic heterocycles. The normalized spacial score (nSPS) is 15.5. The van der Waals surface area contributed by atoms with Crippen LogP contribution < -0.4 is 10.2 Å². The van der Waals surface area contributed by atoms with Crippen LogP contribution in [0.25, 0.3) is 0 Å². The van der Waals surface area contributed by atoms with Crippen molar-refractivity contribution in [1.29, 1.82) is 0 Å². The lowest BCUT2D eigenvalue weighted by Crippen LogP contribution is -2.41. The Morgan fingerprint density at radius 2 is 1.86 bits per heavy atom. The van der Waals surface area contributed by atoms with Gasteiger partial charge in [0, 0.05) is 31.6 Å². The predicted molar refractivity (Wildman–Crippen MR) is 99.9 cm³/mol. The van der Waals surface area contributed by atoms with Crippen LogP contribution in [-0.4, -0.2) is 35.5 Å². The van der Waals surface area contributed by atoms with Gasteiger partial charge in [0.05, 0.1) is 0 Å². The minimum atomic E-state index is -4.49. The molecule has 1 aromatic carbocycles. The summed E-state index contributed by atoms with van der Waals surface area (Å²) in [5.74, 6) is 0.129. The lowest BCUT2D eigenvalue weighted by Gasteiger charge is -2.32. The Balaban J connectivity index is 1.47. The summed E-state index contributed by atoms with van der Waals surface area (Å²) in [7, 11) is 0. The fraction of sp³-hybridized carbons (Fsp3) is 0.450. The van der Waals surface area contributed by atoms with Gasteiger partial charge in [-0.3, -0.25) is 4.79 Å². The molecule has 0 unspecified atom stereocenters. The molecular formula is C20H23F3N4O. The van der Waals surface area contributed by atoms with Crippen LogP contribution >= 0.6 is 0 Å². The topological polar surface area (TPSA) is 58.1 Å². The summed E-state index contributed by atoms with van der Waals surface area (Å²) >= 11 is 0. The van der Waals surface area contributed by atoms with Crippen molar-refractivity contribution in [3.05, 3.63) is 53.5 Å². The molecule has 1 aliphatic rings. The second-order valence-corrected chi connectivity index (χ2v) is 7.05. The lowest BCUT2D eigenvalue weighted by molar-refractivity contribution is -0.141. The van der Waals surface area contributed by atoms with Crippen molar-refractivity contribution in [2.75, 3.05) is 24.5 Å². The number of carbonyl (C=O) groups is 1. The molecule has 2 heterocycles. The van der Waals surface area contributed by atoms with E-state index >= 15 is 0 Å². The summed E-state index contributed by atoms with van der Waals surface area (Å²) in [6.45, 7) is 3.58. The summed E-state index contributed by atoms with van der Waals surface area (Å²) in [5, 5.41) is 2.97. The number of hydrogen-bond acceptors (Lipinski definition) is 4. The zero-order chi connectivity index (χ0) is 20.1. The molecule has 1 fully saturated rings. The first-order valence-electron chi connectivity index (χ1n) is 9.30. The minimum absolute atomic E-state index is 0.00503. The highest BCUT2D eigenvalue weighted by Crippen LogP contribution is 2.30. The fourth-order valence-corrected chi connectivity index (χ4v) is 3.27. The van der Waals surface area contributed by atoms with E-state index in [1.807, 2.05) is 19.1 Å². The van der Waals surface area contributed by atoms with Gasteiger partial charge in [-0.05, 0) is 31.7 Å². The molecule has 3 rings (SSSR count). The Labute approximate surface area is 162 Å². The van der Waals surface area contributed by atoms with Gasteiger partial charge in [-0.1, -0.05) is 29.8 Å². The van der Waals surface area contributed by atoms with E-state index in [0.717, 1.165) is 18.8 Å². The van der Waals surface area contributed by atoms with Crippen LogP contribution in [0.15, 0.2) is 36.7 Å². The van der Waals surface area contributed by atoms with Gasteiger partial charge in [0.1, 0.15) is 17.8 Å². The Kier molecular flexibility index (Phi) is 6.16. The smallest absolute Gasteiger partial charge is 0.356 e. The van der Waals surface area contributed by atoms with Crippen molar-refractivity contribution in [3.63, 3.8) is 0 Å². The number of nitrogens with one attached hydrogen (secondary N) is 1. The van der Waals surface area contributed by atoms with Crippen LogP contribution in [0, 0.1) is 12.8 Å². The molecule has 1 amide bonds. The molecule has 0 atom stereocenters. The van der Waals surface area contributed by atoms with Gasteiger partial charge in [-0.15, -0.1) is 0 Å². The number of nitrogens with zero attached hydrogens (tertiary/aromatic N) is 3. The molecule has 0 saturated carbocycles. The SMILES string of the molecule is Cc1ccc(CCNC(=O)C2CCN(c3cc(C(F)(F)F)ncn3)CC2)cc1. The predicted octanol–water partition coefficient (Wildman–Crippen LogP) is 3.38. The molecule has 0 radical (unpaired) electrons. The van der Waals surface area contributed by atoms with Crippen LogP contribution in [0.5, 0.6) is 0 Å². The third kappa shape index (κ3) is 5.21. The van der Waals surface area contributed by atoms with Crippen molar-refractivity contribution in [3.8, 4) is 0 Å². The van der Waals surface area contributed by atoms with E-state index in [-0.39, 0.29) is 17.6 Å². The van der Waals surface area contributed by atoms with E-state index in [0.29, 0.717) is 32.5 Å². The number of aryl methyl sites for hydroxylation is 1. The van der Waals surface area contributed by atoms with E-state index in [9.17, 15) is 18.0 Å². The number of amides is 1. The summed E-state index contributed by atoms with van der Waals surface area (Å²) < 4.78 is 38.4. The van der Waals surface area contributed by atoms with Crippen LogP contribution in [0.4, 0.5) is 19.0 Å². The van der Waals surface area contributed by atoms with Gasteiger partial charge in [-0.2, -0.15) is 13.2 Å². The second-order valence-electron chi connectivity index (χ2n) is 7.05. The molecule has 1 saturated heterocycles. The number of aromatic nitrogens is 2. The first kappa shape index (κ1) is 20.1. The molecule has 150 valence electrons. The lowest BCUT2D eigenvalue weighted by atomic mass is 9.95. The minimum Gasteiger partial charge on any atom is -0.356 e. The molecule has 5 nitrogen and oxygen atoms in total. The van der Waals surface area contributed by atoms with Crippen molar-refractivity contribution < 1.29 is 18.0 Å². The largest absolute Gasteiger partial charge is 0.433 e. The summed E-state index contributed by atoms with van der Waals surface area (Å²) in [6.07, 6.45) is -1.62. The number of hydrogen-bond donors (Lipinski definition) is 1. The van der Waals surface area contributed by atoms with E-state index in [1.165, 1.54) is 11.1 Å². The Bertz CT molecular complexity index is 800. The highest BCUT2D eigenvalue weighted by atomic mass is 19.4. The molecule has 0 aliphatic carbocycles. The standard InChI is InChI=1S/C20H23F3N4O/c1-14-2-4-15(5-3-14)6-9-24-19(28)16-7-10-27(11-8-16)18-12-17(20(21,22)23)25-13-26-18/h2-5,12-13,16H,6-11H2,1H3,(H,24,28). The van der Waals surface area contributed by atoms with Crippen LogP contribution in [0.1, 0.15) is 29.7 Å². The van der Waals surface area contributed by atoms with Gasteiger partial charge in [-0.25, -0.2) is 9.97 Å². The number of alkyl halides is 3. The number of halogens is 3. The fourth-order valence-electron chi connectivity index (χ4n) is 3.27. The van der Waals surface area contributed by atoms with Gasteiger partial charge in [0.2, 0.25) is 5.91 Å². The Morgan fingerprint density at radius 3 is 2.50 bits per heavy atom. The van der Waals surface area contributed by atoms with Crippen LogP contribution in [0.3, 0.4) is 0 Å². The maximum absolute atomic E-state index is 12.8. The molecule has 1 aliphatic heterocycles. The van der Waals surface area contributed by atoms with Crippen molar-refractivity contribution in [1.82, 2.24) is 15.3 Å². The van der Waals surface area contributed by atoms with Gasteiger partial charge < -0.3 is 10.2 Å². The molecule has 28 heavy (non-hydrogen) atoms. The zero-order valence-electron chi connectivity index (χ0n) is 15.7. The zero-order valence-corrected chi connectivity index (χ0v) is 15.7. The average molecular weight is 392 g/mol. The van der Waals surface area contributed by atoms with Gasteiger partial charge in [0.25, 0.3) is 0 Å². The monoisotopic (exact) mass is 392 g/mol. The Hall–Kier alpha value is -2.64. The number of anilines is 1. The average Bonchev–Trinajstić information content (AvgIpc) is 2.69. The third-order valence-corrected chi connectivity index (χ3v) is 4.97. The quantitative estimate of drug-likeness (QED) is 0.848. The number of carbonyl (C=O) groups excluding carboxylic acids is 1. The molecule has 0 bridgehead atoms. The van der Waals surface area contributed by atoms with Gasteiger partial charge in [0.15, 0.2) is 0 Å². The maximum atomic E-state index is 12.8. The summed E-state index contributed by atoms with van der Waals surface area (Å²) in [5.41, 5.74) is 1.42. The first-order chi connectivity index (χ1) is 13.3. The van der Waals surface area contributed by atoms with Crippen LogP contribution in [-0.2, 0) is 17.4 Å². The van der Waals surface area contributed by atoms with Gasteiger partial charge >= 0.3 is 6.18 Å². The molecule has 0 spiro atoms. The number of piperidine rings is 1. The van der Waals surface area contributed by atoms with Crippen molar-refractivity contribution >= 4 is 11.7 Å². The highest BCUT2D eigenvalue weighted by Gasteiger charge is 2.34. The van der Waals surface area contributed by atoms with Crippen molar-refractivity contribution in [2.45, 2.75) is 32.4 Å². The molecule has 8 heteroatoms. The molecule has 2 aromatic rings. The van der Waals surface area contributed by atoms with E-state index in [1.54, 1.807) is 4.90 Å². The van der Waals surface area contributed by atoms with Crippen molar-refractivity contribution in [2.24, 2.45) is 5.92 Å². The number of rotatable bonds is 5. The first-order valence-corrected chi connectivity index (χ1v) is 9.30. The summed E-state index contributed by atoms with van der Waals surface area (Å²) in [6, 6.07) is 9.16. The maximum Gasteiger partial charge on any atom is 0.433 e. The molecule has 1 N–H and O–H groups in total. The van der Waals surface area contributed by atoms with Crippen LogP contribution in [0.2, 0.25) is 0 Å². The second kappa shape index (κ2) is 8.58. The number of benzene rings is 1. The molecular weight excluding hydrogens is 369 g/mol. The third-order valence-electron chi connectivity index (χ3n) is 4.97. The Morgan fingerprint density at radius 1 is 1.18 bits per heavy atom. The summed E-state index contributed by atoms with van der Waals surface area (Å²) in [4.78, 5) is 21.4. The van der Waals surface area contributed by atoms with E-state index < -0.39 is 11.9 Å². The highest BCUT2D eigenvalue weighted by molar-refractivity contribution is 5.79. The van der Waals surface area contributed by atoms with E-state index in [4.69, 9.17) is 0 Å².